The standard InChI is InChI=1S/C41H47N3O8/c1-4-50-39(46)23-43-41(47)42-22-32-7-5-6-8-35(32)28-13-15-30(16-14-28)40-51-34(21-36(52-40)29-11-9-27(26-45)10-12-29)25-44-18-17-31-19-37(48-2)38(49-3)20-33(31)24-44/h5-16,19-20,34,36,40,45H,4,17-18,21-26H2,1-3H3,(H2,42,43,47)/t34-,36+,40+/m1/s1. The predicted molar refractivity (Wildman–Crippen MR) is 196 cm³/mol. The summed E-state index contributed by atoms with van der Waals surface area (Å²) in [4.78, 5) is 26.4. The summed E-state index contributed by atoms with van der Waals surface area (Å²) in [6.45, 7) is 4.48. The van der Waals surface area contributed by atoms with Crippen molar-refractivity contribution in [2.75, 3.05) is 40.5 Å². The van der Waals surface area contributed by atoms with E-state index in [0.29, 0.717) is 6.42 Å². The molecular weight excluding hydrogens is 662 g/mol. The first-order chi connectivity index (χ1) is 25.4. The van der Waals surface area contributed by atoms with Gasteiger partial charge in [0.25, 0.3) is 0 Å². The van der Waals surface area contributed by atoms with Crippen LogP contribution in [0.3, 0.4) is 0 Å². The van der Waals surface area contributed by atoms with E-state index in [4.69, 9.17) is 23.7 Å². The highest BCUT2D eigenvalue weighted by atomic mass is 16.7. The van der Waals surface area contributed by atoms with E-state index in [2.05, 4.69) is 27.7 Å². The molecule has 4 aromatic rings. The number of carbonyl (C=O) groups is 2. The maximum Gasteiger partial charge on any atom is 0.325 e. The third kappa shape index (κ3) is 9.10. The topological polar surface area (TPSA) is 128 Å². The first-order valence-corrected chi connectivity index (χ1v) is 17.7. The zero-order chi connectivity index (χ0) is 36.5. The molecule has 2 aliphatic rings. The van der Waals surface area contributed by atoms with Crippen molar-refractivity contribution in [3.63, 3.8) is 0 Å². The second-order valence-electron chi connectivity index (χ2n) is 12.9. The summed E-state index contributed by atoms with van der Waals surface area (Å²) >= 11 is 0. The van der Waals surface area contributed by atoms with E-state index in [9.17, 15) is 14.7 Å². The van der Waals surface area contributed by atoms with E-state index in [-0.39, 0.29) is 38.5 Å². The number of fused-ring (bicyclic) bond motifs is 1. The second kappa shape index (κ2) is 17.5. The molecule has 0 unspecified atom stereocenters. The number of aliphatic hydroxyl groups excluding tert-OH is 1. The summed E-state index contributed by atoms with van der Waals surface area (Å²) in [5.74, 6) is 0.999. The molecule has 0 saturated carbocycles. The van der Waals surface area contributed by atoms with Gasteiger partial charge in [-0.05, 0) is 64.4 Å². The highest BCUT2D eigenvalue weighted by molar-refractivity contribution is 5.81. The molecule has 11 heteroatoms. The van der Waals surface area contributed by atoms with Gasteiger partial charge >= 0.3 is 12.0 Å². The lowest BCUT2D eigenvalue weighted by molar-refractivity contribution is -0.253. The van der Waals surface area contributed by atoms with Crippen LogP contribution in [-0.4, -0.2) is 68.6 Å². The molecule has 4 aromatic carbocycles. The Balaban J connectivity index is 1.16. The van der Waals surface area contributed by atoms with Crippen molar-refractivity contribution in [3.8, 4) is 22.6 Å². The quantitative estimate of drug-likeness (QED) is 0.147. The summed E-state index contributed by atoms with van der Waals surface area (Å²) in [6, 6.07) is 27.6. The van der Waals surface area contributed by atoms with Crippen LogP contribution in [0.4, 0.5) is 4.79 Å². The minimum atomic E-state index is -0.586. The fraction of sp³-hybridized carbons (Fsp3) is 0.366. The Morgan fingerprint density at radius 2 is 1.60 bits per heavy atom. The lowest BCUT2D eigenvalue weighted by Crippen LogP contribution is -2.41. The number of hydrogen-bond donors (Lipinski definition) is 3. The Bertz CT molecular complexity index is 1810. The van der Waals surface area contributed by atoms with Gasteiger partial charge in [0, 0.05) is 38.2 Å². The van der Waals surface area contributed by atoms with E-state index >= 15 is 0 Å². The maximum absolute atomic E-state index is 12.3. The lowest BCUT2D eigenvalue weighted by atomic mass is 9.96. The molecular formula is C41H47N3O8. The Kier molecular flexibility index (Phi) is 12.4. The van der Waals surface area contributed by atoms with Crippen LogP contribution >= 0.6 is 0 Å². The van der Waals surface area contributed by atoms with Crippen molar-refractivity contribution >= 4 is 12.0 Å². The molecule has 1 saturated heterocycles. The summed E-state index contributed by atoms with van der Waals surface area (Å²) in [5, 5.41) is 15.0. The Labute approximate surface area is 304 Å². The smallest absolute Gasteiger partial charge is 0.325 e. The average Bonchev–Trinajstić information content (AvgIpc) is 3.19. The second-order valence-corrected chi connectivity index (χ2v) is 12.9. The van der Waals surface area contributed by atoms with E-state index < -0.39 is 18.3 Å². The number of urea groups is 1. The molecule has 0 bridgehead atoms. The number of benzene rings is 4. The van der Waals surface area contributed by atoms with Crippen LogP contribution in [0.25, 0.3) is 11.1 Å². The Morgan fingerprint density at radius 1 is 0.885 bits per heavy atom. The molecule has 0 spiro atoms. The largest absolute Gasteiger partial charge is 0.493 e. The lowest BCUT2D eigenvalue weighted by Gasteiger charge is -2.39. The van der Waals surface area contributed by atoms with E-state index in [0.717, 1.165) is 70.9 Å². The number of aliphatic hydroxyl groups is 1. The number of methoxy groups -OCH3 is 2. The first kappa shape index (κ1) is 36.8. The van der Waals surface area contributed by atoms with Gasteiger partial charge in [-0.15, -0.1) is 0 Å². The van der Waals surface area contributed by atoms with Crippen molar-refractivity contribution < 1.29 is 38.4 Å². The molecule has 2 amide bonds. The van der Waals surface area contributed by atoms with Crippen LogP contribution in [0, 0.1) is 0 Å². The predicted octanol–water partition coefficient (Wildman–Crippen LogP) is 5.83. The molecule has 52 heavy (non-hydrogen) atoms. The molecule has 0 aromatic heterocycles. The molecule has 6 rings (SSSR count). The van der Waals surface area contributed by atoms with Gasteiger partial charge in [-0.25, -0.2) is 4.79 Å². The van der Waals surface area contributed by atoms with Crippen molar-refractivity contribution in [1.29, 1.82) is 0 Å². The molecule has 2 aliphatic heterocycles. The van der Waals surface area contributed by atoms with Gasteiger partial charge in [0.2, 0.25) is 0 Å². The zero-order valence-electron chi connectivity index (χ0n) is 29.9. The van der Waals surface area contributed by atoms with Crippen molar-refractivity contribution in [1.82, 2.24) is 15.5 Å². The molecule has 3 atom stereocenters. The number of esters is 1. The van der Waals surface area contributed by atoms with Crippen molar-refractivity contribution in [2.24, 2.45) is 0 Å². The third-order valence-electron chi connectivity index (χ3n) is 9.52. The maximum atomic E-state index is 12.3. The van der Waals surface area contributed by atoms with Crippen LogP contribution in [0.1, 0.15) is 59.1 Å². The van der Waals surface area contributed by atoms with Gasteiger partial charge in [0.1, 0.15) is 6.54 Å². The highest BCUT2D eigenvalue weighted by Crippen LogP contribution is 2.40. The van der Waals surface area contributed by atoms with Gasteiger partial charge in [-0.2, -0.15) is 0 Å². The third-order valence-corrected chi connectivity index (χ3v) is 9.52. The highest BCUT2D eigenvalue weighted by Gasteiger charge is 2.34. The molecule has 1 fully saturated rings. The van der Waals surface area contributed by atoms with E-state index in [1.807, 2.05) is 72.8 Å². The Hall–Kier alpha value is -4.94. The normalized spacial score (nSPS) is 18.6. The average molecular weight is 710 g/mol. The fourth-order valence-corrected chi connectivity index (χ4v) is 6.80. The van der Waals surface area contributed by atoms with Gasteiger partial charge in [0.15, 0.2) is 17.8 Å². The first-order valence-electron chi connectivity index (χ1n) is 17.7. The van der Waals surface area contributed by atoms with Crippen LogP contribution in [0.15, 0.2) is 84.9 Å². The van der Waals surface area contributed by atoms with Gasteiger partial charge < -0.3 is 39.4 Å². The number of amides is 2. The van der Waals surface area contributed by atoms with Crippen LogP contribution < -0.4 is 20.1 Å². The molecule has 0 aliphatic carbocycles. The number of nitrogens with zero attached hydrogens (tertiary/aromatic N) is 1. The van der Waals surface area contributed by atoms with Crippen LogP contribution in [0.2, 0.25) is 0 Å². The minimum Gasteiger partial charge on any atom is -0.493 e. The van der Waals surface area contributed by atoms with Crippen LogP contribution in [-0.2, 0) is 45.1 Å². The van der Waals surface area contributed by atoms with Crippen LogP contribution in [0.5, 0.6) is 11.5 Å². The van der Waals surface area contributed by atoms with Crippen molar-refractivity contribution in [2.45, 2.75) is 58.0 Å². The number of ether oxygens (including phenoxy) is 5. The van der Waals surface area contributed by atoms with Gasteiger partial charge in [-0.3, -0.25) is 9.69 Å². The molecule has 11 nitrogen and oxygen atoms in total. The summed E-state index contributed by atoms with van der Waals surface area (Å²) in [7, 11) is 3.33. The van der Waals surface area contributed by atoms with Crippen molar-refractivity contribution in [3.05, 3.63) is 118 Å². The summed E-state index contributed by atoms with van der Waals surface area (Å²) < 4.78 is 29.3. The summed E-state index contributed by atoms with van der Waals surface area (Å²) in [6.07, 6.45) is 0.724. The van der Waals surface area contributed by atoms with E-state index in [1.54, 1.807) is 21.1 Å². The number of hydrogen-bond acceptors (Lipinski definition) is 9. The molecule has 3 N–H and O–H groups in total. The molecule has 274 valence electrons. The zero-order valence-corrected chi connectivity index (χ0v) is 29.9. The van der Waals surface area contributed by atoms with Gasteiger partial charge in [-0.1, -0.05) is 72.8 Å². The summed E-state index contributed by atoms with van der Waals surface area (Å²) in [5.41, 5.74) is 8.19. The molecule has 0 radical (unpaired) electrons. The number of rotatable bonds is 13. The SMILES string of the molecule is CCOC(=O)CNC(=O)NCc1ccccc1-c1ccc([C@H]2O[C@@H](CN3CCc4cc(OC)c(OC)cc4C3)C[C@@H](c3ccc(CO)cc3)O2)cc1. The fourth-order valence-electron chi connectivity index (χ4n) is 6.80. The Morgan fingerprint density at radius 3 is 2.31 bits per heavy atom. The van der Waals surface area contributed by atoms with Gasteiger partial charge in [0.05, 0.1) is 39.6 Å². The monoisotopic (exact) mass is 709 g/mol. The molecule has 2 heterocycles. The van der Waals surface area contributed by atoms with E-state index in [1.165, 1.54) is 11.1 Å². The number of carbonyl (C=O) groups excluding carboxylic acids is 2. The number of nitrogens with one attached hydrogen (secondary N) is 2. The minimum absolute atomic E-state index is 0.0124.